The minimum Gasteiger partial charge on any atom is -0.317 e. The summed E-state index contributed by atoms with van der Waals surface area (Å²) < 4.78 is 11.7. The molecule has 3 nitrogen and oxygen atoms in total. The molecule has 1 amide bonds. The Bertz CT molecular complexity index is 87.8. The van der Waals surface area contributed by atoms with Gasteiger partial charge in [-0.1, -0.05) is 0 Å². The van der Waals surface area contributed by atoms with Gasteiger partial charge in [0.05, 0.1) is 0 Å². The van der Waals surface area contributed by atoms with Gasteiger partial charge in [-0.3, -0.25) is 9.52 Å². The molecule has 0 saturated heterocycles. The minimum atomic E-state index is -0.989. The Balaban J connectivity index is 2.97. The van der Waals surface area contributed by atoms with Crippen LogP contribution in [-0.4, -0.2) is 5.37 Å². The van der Waals surface area contributed by atoms with Crippen molar-refractivity contribution in [1.29, 1.82) is 0 Å². The molecule has 0 fully saturated rings. The molecule has 7 heavy (non-hydrogen) atoms. The predicted molar refractivity (Wildman–Crippen MR) is 32.4 cm³/mol. The van der Waals surface area contributed by atoms with Crippen LogP contribution >= 0.6 is 30.8 Å². The number of rotatable bonds is 2. The second kappa shape index (κ2) is 4.50. The topological polar surface area (TPSA) is 46.2 Å². The predicted octanol–water partition coefficient (Wildman–Crippen LogP) is 1.25. The summed E-state index contributed by atoms with van der Waals surface area (Å²) in [4.78, 5) is 9.71. The number of hydrogen-bond acceptors (Lipinski definition) is 3. The van der Waals surface area contributed by atoms with Crippen molar-refractivity contribution >= 4 is 36.2 Å². The van der Waals surface area contributed by atoms with Crippen LogP contribution in [0.25, 0.3) is 0 Å². The molecule has 0 heterocycles. The maximum absolute atomic E-state index is 9.71. The summed E-state index contributed by atoms with van der Waals surface area (Å²) in [5.41, 5.74) is 0. The Morgan fingerprint density at radius 1 is 1.86 bits per heavy atom. The molecule has 0 saturated carbocycles. The summed E-state index contributed by atoms with van der Waals surface area (Å²) in [5, 5.41) is -0.687. The van der Waals surface area contributed by atoms with Crippen molar-refractivity contribution in [3.8, 4) is 0 Å². The number of halogens is 1. The molecule has 0 aromatic carbocycles. The fraction of sp³-hybridized carbons (Fsp3) is 0. The molecular formula is CH3ClNO2PS. The Labute approximate surface area is 50.9 Å². The molecule has 0 bridgehead atoms. The van der Waals surface area contributed by atoms with Gasteiger partial charge in [-0.15, -0.1) is 0 Å². The van der Waals surface area contributed by atoms with E-state index in [2.05, 4.69) is 4.72 Å². The van der Waals surface area contributed by atoms with E-state index in [1.54, 1.807) is 0 Å². The highest BCUT2D eigenvalue weighted by atomic mass is 35.5. The van der Waals surface area contributed by atoms with Gasteiger partial charge in [0.15, 0.2) is 0 Å². The molecule has 1 N–H and O–H groups in total. The van der Waals surface area contributed by atoms with Crippen molar-refractivity contribution in [3.63, 3.8) is 0 Å². The van der Waals surface area contributed by atoms with Crippen LogP contribution in [-0.2, 0) is 4.57 Å². The van der Waals surface area contributed by atoms with Crippen LogP contribution < -0.4 is 4.72 Å². The zero-order valence-corrected chi connectivity index (χ0v) is 5.91. The lowest BCUT2D eigenvalue weighted by Gasteiger charge is -1.84. The Morgan fingerprint density at radius 3 is 2.57 bits per heavy atom. The largest absolute Gasteiger partial charge is 0.323 e. The molecule has 0 spiro atoms. The van der Waals surface area contributed by atoms with Crippen molar-refractivity contribution in [1.82, 2.24) is 4.72 Å². The fourth-order valence-electron chi connectivity index (χ4n) is 0.0704. The van der Waals surface area contributed by atoms with Gasteiger partial charge in [0.2, 0.25) is 0 Å². The SMILES string of the molecule is O=[PH2]SNC(=O)Cl. The first kappa shape index (κ1) is 7.34. The van der Waals surface area contributed by atoms with E-state index in [4.69, 9.17) is 11.6 Å². The second-order valence-corrected chi connectivity index (χ2v) is 2.85. The fourth-order valence-corrected chi connectivity index (χ4v) is 1.03. The van der Waals surface area contributed by atoms with Gasteiger partial charge >= 0.3 is 5.37 Å². The molecule has 0 aliphatic rings. The van der Waals surface area contributed by atoms with Gasteiger partial charge in [0.25, 0.3) is 0 Å². The lowest BCUT2D eigenvalue weighted by molar-refractivity contribution is 0.264. The third-order valence-corrected chi connectivity index (χ3v) is 1.44. The number of carbonyl (C=O) groups excluding carboxylic acids is 1. The molecule has 0 aromatic heterocycles. The molecule has 0 aliphatic heterocycles. The molecule has 0 radical (unpaired) electrons. The van der Waals surface area contributed by atoms with Crippen molar-refractivity contribution in [2.75, 3.05) is 0 Å². The first-order valence-electron chi connectivity index (χ1n) is 1.32. The third-order valence-electron chi connectivity index (χ3n) is 0.187. The summed E-state index contributed by atoms with van der Waals surface area (Å²) in [7, 11) is -0.989. The van der Waals surface area contributed by atoms with Crippen LogP contribution in [0.4, 0.5) is 4.79 Å². The van der Waals surface area contributed by atoms with Crippen LogP contribution in [0.3, 0.4) is 0 Å². The zero-order chi connectivity index (χ0) is 5.70. The van der Waals surface area contributed by atoms with Gasteiger partial charge in [0.1, 0.15) is 7.66 Å². The van der Waals surface area contributed by atoms with Crippen molar-refractivity contribution in [3.05, 3.63) is 0 Å². The monoisotopic (exact) mass is 159 g/mol. The first-order chi connectivity index (χ1) is 3.27. The van der Waals surface area contributed by atoms with Crippen LogP contribution in [0.15, 0.2) is 0 Å². The van der Waals surface area contributed by atoms with Crippen LogP contribution in [0, 0.1) is 0 Å². The van der Waals surface area contributed by atoms with E-state index < -0.39 is 13.0 Å². The van der Waals surface area contributed by atoms with Gasteiger partial charge in [-0.25, -0.2) is 0 Å². The quantitative estimate of drug-likeness (QED) is 0.286. The van der Waals surface area contributed by atoms with E-state index in [0.717, 1.165) is 11.6 Å². The molecular weight excluding hydrogens is 157 g/mol. The summed E-state index contributed by atoms with van der Waals surface area (Å²) in [6.07, 6.45) is 0. The van der Waals surface area contributed by atoms with Gasteiger partial charge in [0, 0.05) is 11.6 Å². The van der Waals surface area contributed by atoms with E-state index in [-0.39, 0.29) is 0 Å². The normalized spacial score (nSPS) is 9.86. The Kier molecular flexibility index (Phi) is 4.72. The van der Waals surface area contributed by atoms with E-state index in [1.165, 1.54) is 0 Å². The van der Waals surface area contributed by atoms with E-state index in [1.807, 2.05) is 0 Å². The average Bonchev–Trinajstić information content (AvgIpc) is 1.61. The lowest BCUT2D eigenvalue weighted by atomic mass is 11.5. The second-order valence-electron chi connectivity index (χ2n) is 0.590. The van der Waals surface area contributed by atoms with Crippen LogP contribution in [0.1, 0.15) is 0 Å². The Hall–Kier alpha value is 0.340. The highest BCUT2D eigenvalue weighted by Gasteiger charge is 1.87. The molecule has 0 aliphatic carbocycles. The maximum atomic E-state index is 9.71. The third kappa shape index (κ3) is 6.34. The van der Waals surface area contributed by atoms with Crippen LogP contribution in [0.5, 0.6) is 0 Å². The summed E-state index contributed by atoms with van der Waals surface area (Å²) in [6, 6.07) is 0. The highest BCUT2D eigenvalue weighted by molar-refractivity contribution is 8.44. The average molecular weight is 160 g/mol. The Morgan fingerprint density at radius 2 is 2.43 bits per heavy atom. The van der Waals surface area contributed by atoms with Gasteiger partial charge < -0.3 is 4.57 Å². The molecule has 1 unspecified atom stereocenters. The van der Waals surface area contributed by atoms with Gasteiger partial charge in [-0.05, 0) is 11.6 Å². The van der Waals surface area contributed by atoms with Crippen molar-refractivity contribution < 1.29 is 9.36 Å². The number of carbonyl (C=O) groups is 1. The molecule has 0 rings (SSSR count). The lowest BCUT2D eigenvalue weighted by Crippen LogP contribution is -2.01. The highest BCUT2D eigenvalue weighted by Crippen LogP contribution is 2.11. The maximum Gasteiger partial charge on any atom is 0.323 e. The summed E-state index contributed by atoms with van der Waals surface area (Å²) >= 11 is 5.57. The number of amides is 1. The number of hydrogen-bond donors (Lipinski definition) is 1. The van der Waals surface area contributed by atoms with Crippen molar-refractivity contribution in [2.24, 2.45) is 0 Å². The minimum absolute atomic E-state index is 0.687. The number of nitrogens with one attached hydrogen (secondary N) is 1. The van der Waals surface area contributed by atoms with Gasteiger partial charge in [-0.2, -0.15) is 0 Å². The summed E-state index contributed by atoms with van der Waals surface area (Å²) in [5.74, 6) is 0. The van der Waals surface area contributed by atoms with E-state index in [0.29, 0.717) is 0 Å². The van der Waals surface area contributed by atoms with Crippen LogP contribution in [0.2, 0.25) is 0 Å². The van der Waals surface area contributed by atoms with E-state index >= 15 is 0 Å². The smallest absolute Gasteiger partial charge is 0.317 e. The molecule has 42 valence electrons. The van der Waals surface area contributed by atoms with Crippen molar-refractivity contribution in [2.45, 2.75) is 0 Å². The standard InChI is InChI=1S/CH3ClNO2PS/c2-1(4)3-7-6-5/h6H2,(H,3,4). The van der Waals surface area contributed by atoms with E-state index in [9.17, 15) is 9.36 Å². The molecule has 1 atom stereocenters. The molecule has 0 aromatic rings. The first-order valence-corrected chi connectivity index (χ1v) is 4.46. The summed E-state index contributed by atoms with van der Waals surface area (Å²) in [6.45, 7) is 0. The molecule has 6 heteroatoms. The zero-order valence-electron chi connectivity index (χ0n) is 3.18.